The molecule has 0 N–H and O–H groups in total. The van der Waals surface area contributed by atoms with Gasteiger partial charge in [-0.05, 0) is 24.3 Å². The smallest absolute Gasteiger partial charge is 0.227 e. The maximum Gasteiger partial charge on any atom is 0.227 e. The van der Waals surface area contributed by atoms with Gasteiger partial charge in [-0.1, -0.05) is 0 Å². The lowest BCUT2D eigenvalue weighted by Crippen LogP contribution is -3.00. The zero-order valence-corrected chi connectivity index (χ0v) is 13.9. The molecule has 0 amide bonds. The number of ether oxygens (including phenoxy) is 1. The molecule has 4 nitrogen and oxygen atoms in total. The summed E-state index contributed by atoms with van der Waals surface area (Å²) < 4.78 is 12.9. The number of pyridine rings is 1. The molecule has 0 radical (unpaired) electrons. The third-order valence-electron chi connectivity index (χ3n) is 3.11. The first-order chi connectivity index (χ1) is 9.76. The average Bonchev–Trinajstić information content (AvgIpc) is 2.98. The highest BCUT2D eigenvalue weighted by molar-refractivity contribution is 5.61. The number of oxazole rings is 1. The van der Waals surface area contributed by atoms with Crippen LogP contribution in [0.25, 0.3) is 22.8 Å². The monoisotopic (exact) mass is 394 g/mol. The quantitative estimate of drug-likeness (QED) is 0.458. The minimum Gasteiger partial charge on any atom is -1.00 e. The normalized spacial score (nSPS) is 10.0. The summed E-state index contributed by atoms with van der Waals surface area (Å²) in [7, 11) is 3.62. The summed E-state index contributed by atoms with van der Waals surface area (Å²) in [6, 6.07) is 11.7. The van der Waals surface area contributed by atoms with Gasteiger partial charge in [-0.25, -0.2) is 9.55 Å². The Bertz CT molecular complexity index is 706. The molecule has 0 bridgehead atoms. The maximum absolute atomic E-state index is 5.81. The molecule has 2 aromatic heterocycles. The van der Waals surface area contributed by atoms with Crippen LogP contribution in [-0.2, 0) is 7.05 Å². The van der Waals surface area contributed by atoms with Crippen LogP contribution >= 0.6 is 0 Å². The van der Waals surface area contributed by atoms with Crippen molar-refractivity contribution in [1.29, 1.82) is 0 Å². The number of aryl methyl sites for hydroxylation is 1. The largest absolute Gasteiger partial charge is 1.00 e. The van der Waals surface area contributed by atoms with Crippen molar-refractivity contribution in [3.05, 3.63) is 55.0 Å². The predicted octanol–water partition coefficient (Wildman–Crippen LogP) is -0.154. The fraction of sp³-hybridized carbons (Fsp3) is 0.125. The molecule has 5 heteroatoms. The van der Waals surface area contributed by atoms with Crippen LogP contribution in [-0.4, -0.2) is 12.1 Å². The summed E-state index contributed by atoms with van der Waals surface area (Å²) in [6.07, 6.45) is 5.67. The van der Waals surface area contributed by atoms with E-state index < -0.39 is 0 Å². The number of halogens is 1. The Hall–Kier alpha value is -1.89. The fourth-order valence-electron chi connectivity index (χ4n) is 1.94. The van der Waals surface area contributed by atoms with Crippen molar-refractivity contribution in [2.45, 2.75) is 0 Å². The molecule has 0 unspecified atom stereocenters. The Morgan fingerprint density at radius 3 is 2.29 bits per heavy atom. The van der Waals surface area contributed by atoms with Gasteiger partial charge in [0.1, 0.15) is 12.8 Å². The van der Waals surface area contributed by atoms with Crippen molar-refractivity contribution in [2.75, 3.05) is 7.11 Å². The summed E-state index contributed by atoms with van der Waals surface area (Å²) in [5.74, 6) is 2.19. The molecule has 0 spiro atoms. The Kier molecular flexibility index (Phi) is 4.95. The number of hydrogen-bond donors (Lipinski definition) is 0. The second-order valence-electron chi connectivity index (χ2n) is 4.51. The van der Waals surface area contributed by atoms with Crippen molar-refractivity contribution in [1.82, 2.24) is 4.98 Å². The lowest BCUT2D eigenvalue weighted by molar-refractivity contribution is -0.671. The van der Waals surface area contributed by atoms with Crippen LogP contribution < -0.4 is 33.3 Å². The van der Waals surface area contributed by atoms with E-state index in [-0.39, 0.29) is 24.0 Å². The standard InChI is InChI=1S/C16H15N2O2.HI/c1-18-9-7-13(8-10-18)16-17-11-15(20-16)12-3-5-14(19-2)6-4-12;/h3-11H,1-2H3;1H/q+1;/p-1. The van der Waals surface area contributed by atoms with Crippen molar-refractivity contribution in [3.63, 3.8) is 0 Å². The molecule has 0 aliphatic heterocycles. The summed E-state index contributed by atoms with van der Waals surface area (Å²) >= 11 is 0. The average molecular weight is 394 g/mol. The molecule has 0 saturated carbocycles. The van der Waals surface area contributed by atoms with Crippen molar-refractivity contribution >= 4 is 0 Å². The molecule has 0 saturated heterocycles. The Morgan fingerprint density at radius 2 is 1.67 bits per heavy atom. The van der Waals surface area contributed by atoms with Gasteiger partial charge in [-0.15, -0.1) is 0 Å². The highest BCUT2D eigenvalue weighted by Crippen LogP contribution is 2.26. The van der Waals surface area contributed by atoms with Crippen molar-refractivity contribution in [2.24, 2.45) is 7.05 Å². The van der Waals surface area contributed by atoms with Gasteiger partial charge >= 0.3 is 0 Å². The van der Waals surface area contributed by atoms with Crippen LogP contribution in [0.2, 0.25) is 0 Å². The van der Waals surface area contributed by atoms with E-state index in [1.807, 2.05) is 60.4 Å². The molecule has 21 heavy (non-hydrogen) atoms. The first-order valence-electron chi connectivity index (χ1n) is 6.32. The van der Waals surface area contributed by atoms with Crippen LogP contribution in [0.1, 0.15) is 0 Å². The van der Waals surface area contributed by atoms with E-state index in [9.17, 15) is 0 Å². The molecule has 3 rings (SSSR count). The number of rotatable bonds is 3. The Balaban J connectivity index is 0.00000161. The molecule has 2 heterocycles. The molecule has 0 aliphatic carbocycles. The number of nitrogens with zero attached hydrogens (tertiary/aromatic N) is 2. The molecule has 0 aliphatic rings. The van der Waals surface area contributed by atoms with Crippen LogP contribution in [0.5, 0.6) is 5.75 Å². The van der Waals surface area contributed by atoms with Gasteiger partial charge in [0.25, 0.3) is 0 Å². The molecule has 108 valence electrons. The Labute approximate surface area is 140 Å². The zero-order valence-electron chi connectivity index (χ0n) is 11.8. The van der Waals surface area contributed by atoms with E-state index in [1.54, 1.807) is 13.3 Å². The van der Waals surface area contributed by atoms with Gasteiger partial charge in [0.15, 0.2) is 18.2 Å². The van der Waals surface area contributed by atoms with Gasteiger partial charge in [0.05, 0.1) is 13.3 Å². The van der Waals surface area contributed by atoms with Crippen LogP contribution in [0, 0.1) is 0 Å². The molecule has 1 aromatic carbocycles. The molecule has 3 aromatic rings. The molecule has 0 fully saturated rings. The summed E-state index contributed by atoms with van der Waals surface area (Å²) in [5.41, 5.74) is 1.94. The SMILES string of the molecule is COc1ccc(-c2cnc(-c3cc[n+](C)cc3)o2)cc1.[I-]. The van der Waals surface area contributed by atoms with Gasteiger partial charge in [-0.3, -0.25) is 0 Å². The van der Waals surface area contributed by atoms with Gasteiger partial charge in [0, 0.05) is 23.3 Å². The van der Waals surface area contributed by atoms with Gasteiger partial charge < -0.3 is 33.1 Å². The minimum atomic E-state index is 0. The summed E-state index contributed by atoms with van der Waals surface area (Å²) in [5, 5.41) is 0. The minimum absolute atomic E-state index is 0. The number of benzene rings is 1. The molecule has 0 atom stereocenters. The fourth-order valence-corrected chi connectivity index (χ4v) is 1.94. The summed E-state index contributed by atoms with van der Waals surface area (Å²) in [6.45, 7) is 0. The van der Waals surface area contributed by atoms with E-state index >= 15 is 0 Å². The van der Waals surface area contributed by atoms with Crippen LogP contribution in [0.4, 0.5) is 0 Å². The topological polar surface area (TPSA) is 39.1 Å². The second kappa shape index (κ2) is 6.71. The van der Waals surface area contributed by atoms with Crippen molar-refractivity contribution < 1.29 is 37.7 Å². The van der Waals surface area contributed by atoms with E-state index in [1.165, 1.54) is 0 Å². The van der Waals surface area contributed by atoms with Crippen LogP contribution in [0.3, 0.4) is 0 Å². The first kappa shape index (κ1) is 15.5. The predicted molar refractivity (Wildman–Crippen MR) is 75.1 cm³/mol. The Morgan fingerprint density at radius 1 is 1.00 bits per heavy atom. The third-order valence-corrected chi connectivity index (χ3v) is 3.11. The third kappa shape index (κ3) is 3.41. The first-order valence-corrected chi connectivity index (χ1v) is 6.32. The molecular weight excluding hydrogens is 379 g/mol. The molecular formula is C16H15IN2O2. The zero-order chi connectivity index (χ0) is 13.9. The number of hydrogen-bond acceptors (Lipinski definition) is 3. The van der Waals surface area contributed by atoms with E-state index in [0.717, 1.165) is 22.6 Å². The van der Waals surface area contributed by atoms with Gasteiger partial charge in [-0.2, -0.15) is 0 Å². The highest BCUT2D eigenvalue weighted by atomic mass is 127. The lowest BCUT2D eigenvalue weighted by Gasteiger charge is -2.00. The van der Waals surface area contributed by atoms with Crippen molar-refractivity contribution in [3.8, 4) is 28.5 Å². The van der Waals surface area contributed by atoms with E-state index in [0.29, 0.717) is 5.89 Å². The number of aromatic nitrogens is 2. The lowest BCUT2D eigenvalue weighted by atomic mass is 10.2. The van der Waals surface area contributed by atoms with Gasteiger partial charge in [0.2, 0.25) is 5.89 Å². The van der Waals surface area contributed by atoms with E-state index in [4.69, 9.17) is 9.15 Å². The second-order valence-corrected chi connectivity index (χ2v) is 4.51. The van der Waals surface area contributed by atoms with Crippen LogP contribution in [0.15, 0.2) is 59.4 Å². The highest BCUT2D eigenvalue weighted by Gasteiger charge is 2.09. The summed E-state index contributed by atoms with van der Waals surface area (Å²) in [4.78, 5) is 4.33. The van der Waals surface area contributed by atoms with E-state index in [2.05, 4.69) is 4.98 Å². The maximum atomic E-state index is 5.81. The number of methoxy groups -OCH3 is 1.